The SMILES string of the molecule is CSc1cccc(CNCc2c(C(=O)N3C[C@@H](C)O[C@@H](C)C3)nc3sccn23)c1. The first kappa shape index (κ1) is 20.4. The van der Waals surface area contributed by atoms with Crippen LogP contribution >= 0.6 is 23.1 Å². The number of amides is 1. The lowest BCUT2D eigenvalue weighted by molar-refractivity contribution is -0.0587. The number of carbonyl (C=O) groups excluding carboxylic acids is 1. The van der Waals surface area contributed by atoms with Gasteiger partial charge in [0.25, 0.3) is 5.91 Å². The molecule has 0 radical (unpaired) electrons. The van der Waals surface area contributed by atoms with Crippen molar-refractivity contribution in [1.29, 1.82) is 0 Å². The maximum atomic E-state index is 13.3. The van der Waals surface area contributed by atoms with Crippen LogP contribution < -0.4 is 5.32 Å². The Morgan fingerprint density at radius 2 is 2.10 bits per heavy atom. The Bertz CT molecular complexity index is 990. The van der Waals surface area contributed by atoms with Crippen LogP contribution in [0.3, 0.4) is 0 Å². The molecule has 4 rings (SSSR count). The molecule has 1 saturated heterocycles. The minimum atomic E-state index is -0.0101. The molecule has 8 heteroatoms. The molecule has 1 N–H and O–H groups in total. The fourth-order valence-corrected chi connectivity index (χ4v) is 4.99. The number of nitrogens with zero attached hydrogens (tertiary/aromatic N) is 3. The molecule has 1 aromatic carbocycles. The Kier molecular flexibility index (Phi) is 6.24. The van der Waals surface area contributed by atoms with Crippen molar-refractivity contribution in [2.45, 2.75) is 44.0 Å². The highest BCUT2D eigenvalue weighted by Gasteiger charge is 2.30. The Balaban J connectivity index is 1.52. The van der Waals surface area contributed by atoms with Crippen LogP contribution in [0.4, 0.5) is 0 Å². The third-order valence-corrected chi connectivity index (χ3v) is 6.51. The van der Waals surface area contributed by atoms with Gasteiger partial charge in [0, 0.05) is 42.7 Å². The van der Waals surface area contributed by atoms with Crippen LogP contribution in [0.5, 0.6) is 0 Å². The number of morpholine rings is 1. The molecule has 3 heterocycles. The molecule has 2 atom stereocenters. The minimum Gasteiger partial charge on any atom is -0.372 e. The van der Waals surface area contributed by atoms with Crippen LogP contribution in [0.2, 0.25) is 0 Å². The maximum Gasteiger partial charge on any atom is 0.274 e. The van der Waals surface area contributed by atoms with Gasteiger partial charge in [-0.25, -0.2) is 4.98 Å². The minimum absolute atomic E-state index is 0.0101. The van der Waals surface area contributed by atoms with Gasteiger partial charge in [0.2, 0.25) is 0 Å². The van der Waals surface area contributed by atoms with E-state index in [-0.39, 0.29) is 18.1 Å². The number of hydrogen-bond acceptors (Lipinski definition) is 6. The van der Waals surface area contributed by atoms with Crippen LogP contribution in [0.15, 0.2) is 40.7 Å². The smallest absolute Gasteiger partial charge is 0.274 e. The van der Waals surface area contributed by atoms with Crippen LogP contribution in [0, 0.1) is 0 Å². The number of nitrogens with one attached hydrogen (secondary N) is 1. The number of thiazole rings is 1. The molecule has 0 spiro atoms. The first-order valence-electron chi connectivity index (χ1n) is 9.78. The third kappa shape index (κ3) is 4.50. The van der Waals surface area contributed by atoms with E-state index >= 15 is 0 Å². The van der Waals surface area contributed by atoms with E-state index in [1.54, 1.807) is 23.1 Å². The lowest BCUT2D eigenvalue weighted by Crippen LogP contribution is -2.48. The molecular weight excluding hydrogens is 404 g/mol. The molecule has 0 aliphatic carbocycles. The van der Waals surface area contributed by atoms with Gasteiger partial charge in [0.1, 0.15) is 0 Å². The van der Waals surface area contributed by atoms with Crippen molar-refractivity contribution in [1.82, 2.24) is 19.6 Å². The second kappa shape index (κ2) is 8.87. The summed E-state index contributed by atoms with van der Waals surface area (Å²) in [4.78, 5) is 21.9. The standard InChI is InChI=1S/C21H26N4O2S2/c1-14-12-24(13-15(2)27-14)20(26)19-18(25-7-8-29-21(25)23-19)11-22-10-16-5-4-6-17(9-16)28-3/h4-9,14-15,22H,10-13H2,1-3H3/t14-,15+. The van der Waals surface area contributed by atoms with Crippen LogP contribution in [0.25, 0.3) is 4.96 Å². The first-order valence-corrected chi connectivity index (χ1v) is 11.9. The molecule has 3 aromatic rings. The predicted molar refractivity (Wildman–Crippen MR) is 118 cm³/mol. The molecule has 1 aliphatic rings. The normalized spacial score (nSPS) is 19.8. The van der Waals surface area contributed by atoms with Gasteiger partial charge < -0.3 is 15.0 Å². The number of aromatic nitrogens is 2. The molecule has 0 unspecified atom stereocenters. The largest absolute Gasteiger partial charge is 0.372 e. The van der Waals surface area contributed by atoms with Crippen molar-refractivity contribution < 1.29 is 9.53 Å². The molecule has 6 nitrogen and oxygen atoms in total. The summed E-state index contributed by atoms with van der Waals surface area (Å²) in [7, 11) is 0. The van der Waals surface area contributed by atoms with Gasteiger partial charge in [0.15, 0.2) is 10.7 Å². The van der Waals surface area contributed by atoms with E-state index in [0.29, 0.717) is 25.3 Å². The lowest BCUT2D eigenvalue weighted by atomic mass is 10.2. The highest BCUT2D eigenvalue weighted by atomic mass is 32.2. The summed E-state index contributed by atoms with van der Waals surface area (Å²) < 4.78 is 7.80. The average Bonchev–Trinajstić information content (AvgIpc) is 3.29. The quantitative estimate of drug-likeness (QED) is 0.605. The molecule has 1 aliphatic heterocycles. The Morgan fingerprint density at radius 3 is 2.86 bits per heavy atom. The van der Waals surface area contributed by atoms with Crippen LogP contribution in [-0.2, 0) is 17.8 Å². The molecule has 2 aromatic heterocycles. The zero-order valence-electron chi connectivity index (χ0n) is 16.9. The summed E-state index contributed by atoms with van der Waals surface area (Å²) in [5.41, 5.74) is 2.69. The molecule has 0 bridgehead atoms. The number of benzene rings is 1. The van der Waals surface area contributed by atoms with Gasteiger partial charge in [-0.2, -0.15) is 0 Å². The monoisotopic (exact) mass is 430 g/mol. The second-order valence-electron chi connectivity index (χ2n) is 7.39. The molecule has 29 heavy (non-hydrogen) atoms. The number of imidazole rings is 1. The van der Waals surface area contributed by atoms with Gasteiger partial charge in [-0.3, -0.25) is 9.20 Å². The lowest BCUT2D eigenvalue weighted by Gasteiger charge is -2.35. The summed E-state index contributed by atoms with van der Waals surface area (Å²) >= 11 is 3.29. The van der Waals surface area contributed by atoms with E-state index in [4.69, 9.17) is 4.74 Å². The molecular formula is C21H26N4O2S2. The topological polar surface area (TPSA) is 58.9 Å². The van der Waals surface area contributed by atoms with Gasteiger partial charge in [-0.1, -0.05) is 12.1 Å². The average molecular weight is 431 g/mol. The van der Waals surface area contributed by atoms with Gasteiger partial charge in [-0.15, -0.1) is 23.1 Å². The predicted octanol–water partition coefficient (Wildman–Crippen LogP) is 3.66. The third-order valence-electron chi connectivity index (χ3n) is 5.03. The summed E-state index contributed by atoms with van der Waals surface area (Å²) in [5.74, 6) is -0.0101. The Hall–Kier alpha value is -1.87. The number of fused-ring (bicyclic) bond motifs is 1. The summed E-state index contributed by atoms with van der Waals surface area (Å²) in [6.45, 7) is 6.54. The van der Waals surface area contributed by atoms with Crippen molar-refractivity contribution in [2.24, 2.45) is 0 Å². The van der Waals surface area contributed by atoms with Crippen LogP contribution in [0.1, 0.15) is 35.6 Å². The summed E-state index contributed by atoms with van der Waals surface area (Å²) in [6, 6.07) is 8.50. The van der Waals surface area contributed by atoms with Gasteiger partial charge in [0.05, 0.1) is 17.9 Å². The van der Waals surface area contributed by atoms with Gasteiger partial charge in [-0.05, 0) is 37.8 Å². The van der Waals surface area contributed by atoms with Gasteiger partial charge >= 0.3 is 0 Å². The van der Waals surface area contributed by atoms with E-state index in [1.807, 2.05) is 34.7 Å². The number of hydrogen-bond donors (Lipinski definition) is 1. The summed E-state index contributed by atoms with van der Waals surface area (Å²) in [6.07, 6.45) is 4.14. The highest BCUT2D eigenvalue weighted by Crippen LogP contribution is 2.21. The van der Waals surface area contributed by atoms with Crippen molar-refractivity contribution in [3.05, 3.63) is 52.8 Å². The van der Waals surface area contributed by atoms with E-state index in [9.17, 15) is 4.79 Å². The van der Waals surface area contributed by atoms with Crippen molar-refractivity contribution in [3.63, 3.8) is 0 Å². The highest BCUT2D eigenvalue weighted by molar-refractivity contribution is 7.98. The summed E-state index contributed by atoms with van der Waals surface area (Å²) in [5, 5.41) is 5.49. The molecule has 0 saturated carbocycles. The van der Waals surface area contributed by atoms with E-state index < -0.39 is 0 Å². The van der Waals surface area contributed by atoms with E-state index in [2.05, 4.69) is 40.8 Å². The maximum absolute atomic E-state index is 13.3. The fourth-order valence-electron chi connectivity index (χ4n) is 3.77. The van der Waals surface area contributed by atoms with Crippen molar-refractivity contribution in [3.8, 4) is 0 Å². The Labute approximate surface area is 179 Å². The number of thioether (sulfide) groups is 1. The second-order valence-corrected chi connectivity index (χ2v) is 9.14. The number of carbonyl (C=O) groups is 1. The number of rotatable bonds is 6. The van der Waals surface area contributed by atoms with E-state index in [0.717, 1.165) is 17.2 Å². The van der Waals surface area contributed by atoms with Crippen molar-refractivity contribution in [2.75, 3.05) is 19.3 Å². The molecule has 1 fully saturated rings. The molecule has 154 valence electrons. The Morgan fingerprint density at radius 1 is 1.31 bits per heavy atom. The zero-order valence-corrected chi connectivity index (χ0v) is 18.6. The van der Waals surface area contributed by atoms with Crippen molar-refractivity contribution >= 4 is 34.0 Å². The molecule has 1 amide bonds. The fraction of sp³-hybridized carbons (Fsp3) is 0.429. The zero-order chi connectivity index (χ0) is 20.4. The first-order chi connectivity index (χ1) is 14.0. The van der Waals surface area contributed by atoms with Crippen LogP contribution in [-0.4, -0.2) is 51.7 Å². The number of ether oxygens (including phenoxy) is 1. The van der Waals surface area contributed by atoms with E-state index in [1.165, 1.54) is 10.5 Å².